The summed E-state index contributed by atoms with van der Waals surface area (Å²) in [4.78, 5) is 11.0. The maximum atomic E-state index is 11.0. The summed E-state index contributed by atoms with van der Waals surface area (Å²) in [5.41, 5.74) is 6.54. The first-order chi connectivity index (χ1) is 10.8. The average Bonchev–Trinajstić information content (AvgIpc) is 2.50. The number of aliphatic carboxylic acids is 1. The molecular weight excluding hydrogens is 639 g/mol. The number of ether oxygens (including phenoxy) is 1. The van der Waals surface area contributed by atoms with Crippen molar-refractivity contribution in [2.75, 3.05) is 0 Å². The van der Waals surface area contributed by atoms with E-state index in [-0.39, 0.29) is 9.67 Å². The Morgan fingerprint density at radius 3 is 2.13 bits per heavy atom. The summed E-state index contributed by atoms with van der Waals surface area (Å²) in [5.74, 6) is 0.444. The Kier molecular flexibility index (Phi) is 6.74. The Morgan fingerprint density at radius 2 is 1.65 bits per heavy atom. The van der Waals surface area contributed by atoms with Crippen LogP contribution >= 0.6 is 67.8 Å². The summed E-state index contributed by atoms with van der Waals surface area (Å²) in [7, 11) is 0. The Bertz CT molecular complexity index is 698. The second-order valence-electron chi connectivity index (χ2n) is 4.68. The molecule has 0 radical (unpaired) electrons. The topological polar surface area (TPSA) is 92.8 Å². The van der Waals surface area contributed by atoms with Crippen molar-refractivity contribution in [1.82, 2.24) is 0 Å². The molecule has 0 bridgehead atoms. The van der Waals surface area contributed by atoms with E-state index < -0.39 is 12.0 Å². The molecule has 8 heteroatoms. The molecule has 0 spiro atoms. The van der Waals surface area contributed by atoms with Crippen LogP contribution in [0, 0.1) is 7.14 Å². The van der Waals surface area contributed by atoms with E-state index in [0.29, 0.717) is 11.5 Å². The smallest absolute Gasteiger partial charge is 0.321 e. The standard InChI is InChI=1S/C15H12I3NO4/c16-10-5-7(12(18)13(19)15(21)22)6-11(17)14(10)23-9-3-1-8(20)2-4-9/h1-6,12-13,20H,19H2,(H,21,22)/t12?,13-/m1/s1. The predicted molar refractivity (Wildman–Crippen MR) is 112 cm³/mol. The maximum Gasteiger partial charge on any atom is 0.321 e. The maximum absolute atomic E-state index is 11.0. The number of phenols is 1. The first kappa shape index (κ1) is 19.0. The molecule has 2 aromatic rings. The minimum atomic E-state index is -1.03. The number of carboxylic acids is 1. The highest BCUT2D eigenvalue weighted by molar-refractivity contribution is 14.1. The van der Waals surface area contributed by atoms with Crippen LogP contribution in [0.3, 0.4) is 0 Å². The molecule has 0 aliphatic rings. The minimum Gasteiger partial charge on any atom is -0.508 e. The zero-order valence-corrected chi connectivity index (χ0v) is 18.0. The van der Waals surface area contributed by atoms with Crippen LogP contribution in [0.15, 0.2) is 36.4 Å². The average molecular weight is 651 g/mol. The lowest BCUT2D eigenvalue weighted by Gasteiger charge is -2.17. The molecular formula is C15H12I3NO4. The number of rotatable bonds is 5. The lowest BCUT2D eigenvalue weighted by atomic mass is 10.1. The Hall–Kier alpha value is -0.340. The van der Waals surface area contributed by atoms with E-state index in [1.807, 2.05) is 34.7 Å². The van der Waals surface area contributed by atoms with Gasteiger partial charge in [0, 0.05) is 0 Å². The van der Waals surface area contributed by atoms with Crippen LogP contribution < -0.4 is 10.5 Å². The SMILES string of the molecule is N[C@@H](C(=O)O)C(I)c1cc(I)c(Oc2ccc(O)cc2)c(I)c1. The third kappa shape index (κ3) is 4.82. The van der Waals surface area contributed by atoms with Crippen molar-refractivity contribution >= 4 is 73.7 Å². The number of hydrogen-bond donors (Lipinski definition) is 3. The van der Waals surface area contributed by atoms with Crippen LogP contribution in [0.4, 0.5) is 0 Å². The molecule has 122 valence electrons. The van der Waals surface area contributed by atoms with Crippen LogP contribution in [0.2, 0.25) is 0 Å². The van der Waals surface area contributed by atoms with Gasteiger partial charge in [-0.2, -0.15) is 0 Å². The van der Waals surface area contributed by atoms with Gasteiger partial charge in [-0.05, 0) is 87.1 Å². The van der Waals surface area contributed by atoms with Gasteiger partial charge < -0.3 is 20.7 Å². The molecule has 1 unspecified atom stereocenters. The van der Waals surface area contributed by atoms with Gasteiger partial charge in [0.2, 0.25) is 0 Å². The molecule has 0 saturated carbocycles. The highest BCUT2D eigenvalue weighted by Crippen LogP contribution is 2.37. The first-order valence-corrected chi connectivity index (χ1v) is 9.78. The lowest BCUT2D eigenvalue weighted by molar-refractivity contribution is -0.138. The Morgan fingerprint density at radius 1 is 1.13 bits per heavy atom. The second-order valence-corrected chi connectivity index (χ2v) is 8.34. The third-order valence-corrected chi connectivity index (χ3v) is 6.09. The van der Waals surface area contributed by atoms with Crippen LogP contribution in [0.5, 0.6) is 17.2 Å². The molecule has 0 aromatic heterocycles. The van der Waals surface area contributed by atoms with Crippen LogP contribution in [-0.4, -0.2) is 22.2 Å². The molecule has 4 N–H and O–H groups in total. The van der Waals surface area contributed by atoms with E-state index in [1.165, 1.54) is 0 Å². The van der Waals surface area contributed by atoms with Crippen molar-refractivity contribution in [2.24, 2.45) is 5.73 Å². The highest BCUT2D eigenvalue weighted by Gasteiger charge is 2.24. The molecule has 0 saturated heterocycles. The van der Waals surface area contributed by atoms with Gasteiger partial charge in [0.05, 0.1) is 11.1 Å². The van der Waals surface area contributed by atoms with E-state index in [1.54, 1.807) is 24.3 Å². The van der Waals surface area contributed by atoms with E-state index in [0.717, 1.165) is 12.7 Å². The van der Waals surface area contributed by atoms with Crippen molar-refractivity contribution in [1.29, 1.82) is 0 Å². The van der Waals surface area contributed by atoms with Gasteiger partial charge in [-0.15, -0.1) is 0 Å². The van der Waals surface area contributed by atoms with Crippen LogP contribution in [0.1, 0.15) is 9.49 Å². The number of nitrogens with two attached hydrogens (primary N) is 1. The molecule has 2 rings (SSSR count). The quantitative estimate of drug-likeness (QED) is 0.332. The van der Waals surface area contributed by atoms with Gasteiger partial charge in [0.25, 0.3) is 0 Å². The van der Waals surface area contributed by atoms with E-state index >= 15 is 0 Å². The zero-order chi connectivity index (χ0) is 17.1. The molecule has 23 heavy (non-hydrogen) atoms. The number of phenolic OH excluding ortho intramolecular Hbond substituents is 1. The Balaban J connectivity index is 2.30. The van der Waals surface area contributed by atoms with Crippen molar-refractivity contribution in [3.05, 3.63) is 49.1 Å². The van der Waals surface area contributed by atoms with Crippen molar-refractivity contribution in [3.8, 4) is 17.2 Å². The summed E-state index contributed by atoms with van der Waals surface area (Å²) in [6.45, 7) is 0. The monoisotopic (exact) mass is 651 g/mol. The van der Waals surface area contributed by atoms with Gasteiger partial charge in [-0.3, -0.25) is 4.79 Å². The number of alkyl halides is 1. The molecule has 0 heterocycles. The number of benzene rings is 2. The number of halogens is 3. The summed E-state index contributed by atoms with van der Waals surface area (Å²) >= 11 is 6.34. The molecule has 2 atom stereocenters. The summed E-state index contributed by atoms with van der Waals surface area (Å²) in [6.07, 6.45) is 0. The van der Waals surface area contributed by atoms with E-state index in [9.17, 15) is 9.90 Å². The zero-order valence-electron chi connectivity index (χ0n) is 11.5. The number of aromatic hydroxyl groups is 1. The molecule has 5 nitrogen and oxygen atoms in total. The summed E-state index contributed by atoms with van der Waals surface area (Å²) in [6, 6.07) is 9.24. The van der Waals surface area contributed by atoms with E-state index in [2.05, 4.69) is 45.2 Å². The fourth-order valence-electron chi connectivity index (χ4n) is 1.80. The minimum absolute atomic E-state index is 0.174. The highest BCUT2D eigenvalue weighted by atomic mass is 127. The molecule has 0 fully saturated rings. The molecule has 2 aromatic carbocycles. The third-order valence-electron chi connectivity index (χ3n) is 3.00. The van der Waals surface area contributed by atoms with Crippen molar-refractivity contribution in [3.63, 3.8) is 0 Å². The van der Waals surface area contributed by atoms with Crippen molar-refractivity contribution in [2.45, 2.75) is 9.97 Å². The lowest BCUT2D eigenvalue weighted by Crippen LogP contribution is -2.34. The van der Waals surface area contributed by atoms with Gasteiger partial charge in [0.15, 0.2) is 5.75 Å². The Labute approximate surface area is 174 Å². The largest absolute Gasteiger partial charge is 0.508 e. The second kappa shape index (κ2) is 8.16. The molecule has 0 aliphatic carbocycles. The number of hydrogen-bond acceptors (Lipinski definition) is 4. The molecule has 0 aliphatic heterocycles. The summed E-state index contributed by atoms with van der Waals surface area (Å²) in [5, 5.41) is 18.4. The van der Waals surface area contributed by atoms with Crippen LogP contribution in [0.25, 0.3) is 0 Å². The van der Waals surface area contributed by atoms with Gasteiger partial charge in [-0.1, -0.05) is 22.6 Å². The number of carboxylic acid groups (broad SMARTS) is 1. The van der Waals surface area contributed by atoms with E-state index in [4.69, 9.17) is 15.6 Å². The summed E-state index contributed by atoms with van der Waals surface area (Å²) < 4.78 is 7.24. The van der Waals surface area contributed by atoms with Crippen LogP contribution in [-0.2, 0) is 4.79 Å². The predicted octanol–water partition coefficient (Wildman–Crippen LogP) is 4.28. The number of carbonyl (C=O) groups is 1. The first-order valence-electron chi connectivity index (χ1n) is 6.38. The van der Waals surface area contributed by atoms with Gasteiger partial charge in [0.1, 0.15) is 17.5 Å². The van der Waals surface area contributed by atoms with Gasteiger partial charge in [-0.25, -0.2) is 0 Å². The fraction of sp³-hybridized carbons (Fsp3) is 0.133. The normalized spacial score (nSPS) is 13.4. The molecule has 0 amide bonds. The fourth-order valence-corrected chi connectivity index (χ4v) is 4.50. The van der Waals surface area contributed by atoms with Gasteiger partial charge >= 0.3 is 5.97 Å². The van der Waals surface area contributed by atoms with Crippen molar-refractivity contribution < 1.29 is 19.7 Å².